The first kappa shape index (κ1) is 20.3. The standard InChI is InChI=1S/C16H30O4S/c1-3-5-7-9-11-16(18)20-14(13-21)12-19-15(17)10-8-6-4-2/h14,21H,3-13H2,1-2H3/t14-/m1/s1. The molecule has 0 saturated heterocycles. The molecule has 0 amide bonds. The number of hydrogen-bond donors (Lipinski definition) is 1. The number of carbonyl (C=O) groups excluding carboxylic acids is 2. The molecule has 0 N–H and O–H groups in total. The minimum absolute atomic E-state index is 0.106. The second kappa shape index (κ2) is 14.2. The van der Waals surface area contributed by atoms with Gasteiger partial charge in [0.25, 0.3) is 0 Å². The average molecular weight is 318 g/mol. The number of esters is 2. The maximum Gasteiger partial charge on any atom is 0.306 e. The van der Waals surface area contributed by atoms with Gasteiger partial charge in [0.1, 0.15) is 12.7 Å². The number of ether oxygens (including phenoxy) is 2. The summed E-state index contributed by atoms with van der Waals surface area (Å²) in [7, 11) is 0. The van der Waals surface area contributed by atoms with Gasteiger partial charge in [-0.05, 0) is 12.8 Å². The molecule has 4 nitrogen and oxygen atoms in total. The highest BCUT2D eigenvalue weighted by Gasteiger charge is 2.15. The van der Waals surface area contributed by atoms with Crippen LogP contribution in [-0.2, 0) is 19.1 Å². The first-order valence-electron chi connectivity index (χ1n) is 8.09. The summed E-state index contributed by atoms with van der Waals surface area (Å²) in [6, 6.07) is 0. The van der Waals surface area contributed by atoms with Gasteiger partial charge in [0.15, 0.2) is 0 Å². The molecule has 0 heterocycles. The smallest absolute Gasteiger partial charge is 0.306 e. The fraction of sp³-hybridized carbons (Fsp3) is 0.875. The van der Waals surface area contributed by atoms with E-state index >= 15 is 0 Å². The fourth-order valence-electron chi connectivity index (χ4n) is 1.84. The Morgan fingerprint density at radius 3 is 2.10 bits per heavy atom. The van der Waals surface area contributed by atoms with E-state index in [1.807, 2.05) is 0 Å². The van der Waals surface area contributed by atoms with Crippen molar-refractivity contribution in [2.75, 3.05) is 12.4 Å². The van der Waals surface area contributed by atoms with Crippen LogP contribution in [0.3, 0.4) is 0 Å². The van der Waals surface area contributed by atoms with Crippen LogP contribution in [0, 0.1) is 0 Å². The van der Waals surface area contributed by atoms with Crippen molar-refractivity contribution in [3.8, 4) is 0 Å². The van der Waals surface area contributed by atoms with Gasteiger partial charge in [-0.25, -0.2) is 0 Å². The Hall–Kier alpha value is -0.710. The largest absolute Gasteiger partial charge is 0.462 e. The van der Waals surface area contributed by atoms with Crippen LogP contribution < -0.4 is 0 Å². The molecule has 124 valence electrons. The summed E-state index contributed by atoms with van der Waals surface area (Å²) in [5.74, 6) is -0.0930. The van der Waals surface area contributed by atoms with Gasteiger partial charge >= 0.3 is 11.9 Å². The fourth-order valence-corrected chi connectivity index (χ4v) is 2.02. The molecule has 0 bridgehead atoms. The zero-order valence-electron chi connectivity index (χ0n) is 13.4. The summed E-state index contributed by atoms with van der Waals surface area (Å²) in [4.78, 5) is 23.1. The number of hydrogen-bond acceptors (Lipinski definition) is 5. The van der Waals surface area contributed by atoms with E-state index < -0.39 is 6.10 Å². The third kappa shape index (κ3) is 12.7. The third-order valence-electron chi connectivity index (χ3n) is 3.15. The second-order valence-corrected chi connectivity index (χ2v) is 5.61. The first-order valence-corrected chi connectivity index (χ1v) is 8.73. The summed E-state index contributed by atoms with van der Waals surface area (Å²) < 4.78 is 10.4. The lowest BCUT2D eigenvalue weighted by molar-refractivity contribution is -0.157. The molecule has 0 aliphatic heterocycles. The van der Waals surface area contributed by atoms with Crippen molar-refractivity contribution >= 4 is 24.6 Å². The molecule has 0 aromatic heterocycles. The van der Waals surface area contributed by atoms with Crippen LogP contribution in [0.25, 0.3) is 0 Å². The number of carbonyl (C=O) groups is 2. The van der Waals surface area contributed by atoms with Gasteiger partial charge in [-0.3, -0.25) is 9.59 Å². The summed E-state index contributed by atoms with van der Waals surface area (Å²) in [5.41, 5.74) is 0. The Morgan fingerprint density at radius 2 is 1.48 bits per heavy atom. The molecular weight excluding hydrogens is 288 g/mol. The molecule has 0 aliphatic rings. The van der Waals surface area contributed by atoms with Crippen molar-refractivity contribution in [1.29, 1.82) is 0 Å². The SMILES string of the molecule is CCCCCCC(=O)O[C@@H](CS)COC(=O)CCCCC. The van der Waals surface area contributed by atoms with Crippen LogP contribution >= 0.6 is 12.6 Å². The van der Waals surface area contributed by atoms with Gasteiger partial charge in [-0.15, -0.1) is 0 Å². The van der Waals surface area contributed by atoms with E-state index in [0.717, 1.165) is 44.9 Å². The molecule has 0 spiro atoms. The van der Waals surface area contributed by atoms with Crippen molar-refractivity contribution in [1.82, 2.24) is 0 Å². The van der Waals surface area contributed by atoms with Gasteiger partial charge in [0.2, 0.25) is 0 Å². The molecule has 0 saturated carbocycles. The molecule has 0 fully saturated rings. The van der Waals surface area contributed by atoms with Crippen molar-refractivity contribution in [3.05, 3.63) is 0 Å². The molecule has 0 rings (SSSR count). The highest BCUT2D eigenvalue weighted by molar-refractivity contribution is 7.80. The zero-order valence-corrected chi connectivity index (χ0v) is 14.3. The maximum atomic E-state index is 11.6. The summed E-state index contributed by atoms with van der Waals surface area (Å²) in [6.07, 6.45) is 7.53. The molecule has 0 aromatic rings. The number of unbranched alkanes of at least 4 members (excludes halogenated alkanes) is 5. The Kier molecular flexibility index (Phi) is 13.8. The van der Waals surface area contributed by atoms with E-state index in [0.29, 0.717) is 18.6 Å². The molecule has 5 heteroatoms. The molecule has 0 aromatic carbocycles. The van der Waals surface area contributed by atoms with Gasteiger partial charge in [0.05, 0.1) is 0 Å². The summed E-state index contributed by atoms with van der Waals surface area (Å²) >= 11 is 4.13. The van der Waals surface area contributed by atoms with Crippen LogP contribution in [0.15, 0.2) is 0 Å². The Balaban J connectivity index is 3.78. The highest BCUT2D eigenvalue weighted by Crippen LogP contribution is 2.07. The normalized spacial score (nSPS) is 12.0. The summed E-state index contributed by atoms with van der Waals surface area (Å²) in [5, 5.41) is 0. The van der Waals surface area contributed by atoms with Crippen LogP contribution in [0.4, 0.5) is 0 Å². The van der Waals surface area contributed by atoms with Crippen LogP contribution in [-0.4, -0.2) is 30.4 Å². The molecule has 0 aliphatic carbocycles. The van der Waals surface area contributed by atoms with Gasteiger partial charge in [-0.2, -0.15) is 12.6 Å². The Bertz CT molecular complexity index is 281. The lowest BCUT2D eigenvalue weighted by atomic mass is 10.1. The van der Waals surface area contributed by atoms with E-state index in [1.165, 1.54) is 0 Å². The average Bonchev–Trinajstić information content (AvgIpc) is 2.48. The monoisotopic (exact) mass is 318 g/mol. The zero-order chi connectivity index (χ0) is 15.9. The Labute approximate surface area is 134 Å². The summed E-state index contributed by atoms with van der Waals surface area (Å²) in [6.45, 7) is 4.32. The lowest BCUT2D eigenvalue weighted by Gasteiger charge is -2.16. The second-order valence-electron chi connectivity index (χ2n) is 5.25. The van der Waals surface area contributed by atoms with Crippen molar-refractivity contribution < 1.29 is 19.1 Å². The maximum absolute atomic E-state index is 11.6. The Morgan fingerprint density at radius 1 is 0.905 bits per heavy atom. The van der Waals surface area contributed by atoms with Gasteiger partial charge in [-0.1, -0.05) is 46.0 Å². The van der Waals surface area contributed by atoms with E-state index in [2.05, 4.69) is 26.5 Å². The first-order chi connectivity index (χ1) is 10.1. The van der Waals surface area contributed by atoms with Gasteiger partial charge in [0, 0.05) is 18.6 Å². The van der Waals surface area contributed by atoms with Crippen molar-refractivity contribution in [2.24, 2.45) is 0 Å². The molecule has 0 unspecified atom stereocenters. The quantitative estimate of drug-likeness (QED) is 0.318. The van der Waals surface area contributed by atoms with E-state index in [1.54, 1.807) is 0 Å². The van der Waals surface area contributed by atoms with Crippen LogP contribution in [0.1, 0.15) is 71.6 Å². The van der Waals surface area contributed by atoms with Crippen molar-refractivity contribution in [3.63, 3.8) is 0 Å². The van der Waals surface area contributed by atoms with Crippen LogP contribution in [0.5, 0.6) is 0 Å². The highest BCUT2D eigenvalue weighted by atomic mass is 32.1. The topological polar surface area (TPSA) is 52.6 Å². The molecule has 1 atom stereocenters. The minimum atomic E-state index is -0.442. The van der Waals surface area contributed by atoms with E-state index in [4.69, 9.17) is 9.47 Å². The van der Waals surface area contributed by atoms with Crippen molar-refractivity contribution in [2.45, 2.75) is 77.7 Å². The third-order valence-corrected chi connectivity index (χ3v) is 3.56. The minimum Gasteiger partial charge on any atom is -0.462 e. The predicted molar refractivity (Wildman–Crippen MR) is 87.6 cm³/mol. The van der Waals surface area contributed by atoms with E-state index in [-0.39, 0.29) is 18.5 Å². The molecular formula is C16H30O4S. The van der Waals surface area contributed by atoms with Crippen LogP contribution in [0.2, 0.25) is 0 Å². The lowest BCUT2D eigenvalue weighted by Crippen LogP contribution is -2.26. The predicted octanol–water partition coefficient (Wildman–Crippen LogP) is 3.92. The van der Waals surface area contributed by atoms with Gasteiger partial charge < -0.3 is 9.47 Å². The molecule has 0 radical (unpaired) electrons. The molecule has 21 heavy (non-hydrogen) atoms. The number of thiol groups is 1. The number of rotatable bonds is 13. The van der Waals surface area contributed by atoms with E-state index in [9.17, 15) is 9.59 Å².